The van der Waals surface area contributed by atoms with E-state index in [9.17, 15) is 0 Å². The smallest absolute Gasteiger partial charge is 0.0705 e. The summed E-state index contributed by atoms with van der Waals surface area (Å²) in [5.41, 5.74) is 12.8. The summed E-state index contributed by atoms with van der Waals surface area (Å²) in [7, 11) is 0. The molecule has 0 bridgehead atoms. The summed E-state index contributed by atoms with van der Waals surface area (Å²) >= 11 is 0. The first-order valence-electron chi connectivity index (χ1n) is 17.6. The Kier molecular flexibility index (Phi) is 11.6. The van der Waals surface area contributed by atoms with Gasteiger partial charge in [-0.1, -0.05) is 114 Å². The molecule has 0 fully saturated rings. The van der Waals surface area contributed by atoms with Gasteiger partial charge in [0.05, 0.1) is 22.7 Å². The Morgan fingerprint density at radius 2 is 0.750 bits per heavy atom. The van der Waals surface area contributed by atoms with Crippen molar-refractivity contribution in [3.8, 4) is 0 Å². The molecule has 4 aromatic carbocycles. The van der Waals surface area contributed by atoms with Gasteiger partial charge in [-0.15, -0.1) is 0 Å². The molecule has 0 aromatic heterocycles. The summed E-state index contributed by atoms with van der Waals surface area (Å²) < 4.78 is 0. The normalized spacial score (nSPS) is 12.4. The van der Waals surface area contributed by atoms with E-state index in [1.54, 1.807) is 0 Å². The minimum absolute atomic E-state index is 1.17. The molecule has 0 aliphatic carbocycles. The topological polar surface area (TPSA) is 6.48 Å². The number of anilines is 6. The van der Waals surface area contributed by atoms with E-state index < -0.39 is 0 Å². The van der Waals surface area contributed by atoms with Gasteiger partial charge in [0.25, 0.3) is 0 Å². The van der Waals surface area contributed by atoms with Crippen LogP contribution < -0.4 is 9.80 Å². The van der Waals surface area contributed by atoms with Crippen LogP contribution in [0.1, 0.15) is 113 Å². The number of rotatable bonds is 16. The first kappa shape index (κ1) is 31.9. The quantitative estimate of drug-likeness (QED) is 0.106. The van der Waals surface area contributed by atoms with Gasteiger partial charge in [0, 0.05) is 11.4 Å². The van der Waals surface area contributed by atoms with Gasteiger partial charge >= 0.3 is 0 Å². The molecule has 232 valence electrons. The Morgan fingerprint density at radius 1 is 0.386 bits per heavy atom. The summed E-state index contributed by atoms with van der Waals surface area (Å²) in [6.45, 7) is 8.98. The number of hydrogen-bond donors (Lipinski definition) is 0. The summed E-state index contributed by atoms with van der Waals surface area (Å²) in [4.78, 5) is 4.93. The molecule has 2 nitrogen and oxygen atoms in total. The third-order valence-electron chi connectivity index (χ3n) is 9.25. The van der Waals surface area contributed by atoms with Crippen molar-refractivity contribution in [1.82, 2.24) is 0 Å². The van der Waals surface area contributed by atoms with Crippen molar-refractivity contribution in [2.45, 2.75) is 118 Å². The van der Waals surface area contributed by atoms with Crippen molar-refractivity contribution < 1.29 is 0 Å². The number of hydrogen-bond acceptors (Lipinski definition) is 2. The standard InChI is InChI=1S/C42H54N2/c1-5-7-9-11-13-15-17-35-21-25-37(26-22-35)43-39-29-19-34(4)32-42(39)44(40-30-20-33(3)31-41(40)43)38-27-23-36(24-28-38)18-16-14-12-10-8-6-2/h19-32H,5-18H2,1-4H3. The lowest BCUT2D eigenvalue weighted by atomic mass is 10.00. The van der Waals surface area contributed by atoms with Crippen molar-refractivity contribution in [3.05, 3.63) is 107 Å². The zero-order valence-corrected chi connectivity index (χ0v) is 27.9. The van der Waals surface area contributed by atoms with E-state index in [1.165, 1.54) is 146 Å². The van der Waals surface area contributed by atoms with E-state index in [2.05, 4.69) is 122 Å². The minimum atomic E-state index is 1.17. The number of fused-ring (bicyclic) bond motifs is 2. The summed E-state index contributed by atoms with van der Waals surface area (Å²) in [5, 5.41) is 0. The van der Waals surface area contributed by atoms with E-state index >= 15 is 0 Å². The van der Waals surface area contributed by atoms with Crippen LogP contribution in [0.4, 0.5) is 34.1 Å². The second-order valence-corrected chi connectivity index (χ2v) is 13.0. The molecule has 0 radical (unpaired) electrons. The van der Waals surface area contributed by atoms with Crippen LogP contribution >= 0.6 is 0 Å². The van der Waals surface area contributed by atoms with Crippen LogP contribution in [0.25, 0.3) is 0 Å². The molecule has 0 unspecified atom stereocenters. The van der Waals surface area contributed by atoms with E-state index in [4.69, 9.17) is 0 Å². The lowest BCUT2D eigenvalue weighted by Gasteiger charge is -2.40. The van der Waals surface area contributed by atoms with Crippen molar-refractivity contribution in [3.63, 3.8) is 0 Å². The zero-order chi connectivity index (χ0) is 30.7. The third kappa shape index (κ3) is 7.95. The van der Waals surface area contributed by atoms with E-state index in [1.807, 2.05) is 0 Å². The molecule has 0 N–H and O–H groups in total. The molecule has 0 amide bonds. The maximum atomic E-state index is 2.47. The van der Waals surface area contributed by atoms with Gasteiger partial charge < -0.3 is 9.80 Å². The van der Waals surface area contributed by atoms with Gasteiger partial charge in [0.2, 0.25) is 0 Å². The fourth-order valence-corrected chi connectivity index (χ4v) is 6.66. The fourth-order valence-electron chi connectivity index (χ4n) is 6.66. The summed E-state index contributed by atoms with van der Waals surface area (Å²) in [6, 6.07) is 32.5. The highest BCUT2D eigenvalue weighted by Gasteiger charge is 2.30. The van der Waals surface area contributed by atoms with Crippen LogP contribution in [0, 0.1) is 13.8 Å². The molecule has 0 saturated heterocycles. The lowest BCUT2D eigenvalue weighted by molar-refractivity contribution is 0.607. The van der Waals surface area contributed by atoms with E-state index in [-0.39, 0.29) is 0 Å². The van der Waals surface area contributed by atoms with Crippen LogP contribution in [-0.4, -0.2) is 0 Å². The molecule has 0 atom stereocenters. The maximum absolute atomic E-state index is 2.47. The van der Waals surface area contributed by atoms with Crippen molar-refractivity contribution in [1.29, 1.82) is 0 Å². The van der Waals surface area contributed by atoms with Crippen LogP contribution in [-0.2, 0) is 12.8 Å². The van der Waals surface area contributed by atoms with Crippen LogP contribution in [0.2, 0.25) is 0 Å². The van der Waals surface area contributed by atoms with Gasteiger partial charge in [0.1, 0.15) is 0 Å². The first-order valence-corrected chi connectivity index (χ1v) is 17.6. The molecule has 1 aliphatic rings. The molecular formula is C42H54N2. The summed E-state index contributed by atoms with van der Waals surface area (Å²) in [6.07, 6.45) is 18.4. The number of benzene rings is 4. The second-order valence-electron chi connectivity index (χ2n) is 13.0. The fraction of sp³-hybridized carbons (Fsp3) is 0.429. The number of unbranched alkanes of at least 4 members (excludes halogenated alkanes) is 10. The zero-order valence-electron chi connectivity index (χ0n) is 27.9. The maximum Gasteiger partial charge on any atom is 0.0705 e. The van der Waals surface area contributed by atoms with Gasteiger partial charge in [-0.3, -0.25) is 0 Å². The Morgan fingerprint density at radius 3 is 1.14 bits per heavy atom. The molecular weight excluding hydrogens is 532 g/mol. The van der Waals surface area contributed by atoms with Crippen LogP contribution in [0.3, 0.4) is 0 Å². The van der Waals surface area contributed by atoms with E-state index in [0.29, 0.717) is 0 Å². The largest absolute Gasteiger partial charge is 0.306 e. The average Bonchev–Trinajstić information content (AvgIpc) is 3.04. The molecule has 2 heteroatoms. The molecule has 4 aromatic rings. The first-order chi connectivity index (χ1) is 21.6. The van der Waals surface area contributed by atoms with Crippen molar-refractivity contribution >= 4 is 34.1 Å². The second kappa shape index (κ2) is 16.0. The van der Waals surface area contributed by atoms with Crippen molar-refractivity contribution in [2.75, 3.05) is 9.80 Å². The highest BCUT2D eigenvalue weighted by molar-refractivity contribution is 6.01. The third-order valence-corrected chi connectivity index (χ3v) is 9.25. The molecule has 0 saturated carbocycles. The minimum Gasteiger partial charge on any atom is -0.306 e. The Labute approximate surface area is 268 Å². The van der Waals surface area contributed by atoms with E-state index in [0.717, 1.165) is 0 Å². The molecule has 1 heterocycles. The Balaban J connectivity index is 1.39. The monoisotopic (exact) mass is 586 g/mol. The van der Waals surface area contributed by atoms with Crippen LogP contribution in [0.5, 0.6) is 0 Å². The predicted molar refractivity (Wildman–Crippen MR) is 193 cm³/mol. The lowest BCUT2D eigenvalue weighted by Crippen LogP contribution is -2.24. The molecule has 0 spiro atoms. The van der Waals surface area contributed by atoms with Gasteiger partial charge in [-0.05, 0) is 110 Å². The SMILES string of the molecule is CCCCCCCCc1ccc(N2c3ccc(C)cc3N(c3ccc(CCCCCCCC)cc3)c3ccc(C)cc32)cc1. The Bertz CT molecular complexity index is 1340. The highest BCUT2D eigenvalue weighted by atomic mass is 15.3. The van der Waals surface area contributed by atoms with Crippen molar-refractivity contribution in [2.24, 2.45) is 0 Å². The highest BCUT2D eigenvalue weighted by Crippen LogP contribution is 2.54. The van der Waals surface area contributed by atoms with Gasteiger partial charge in [-0.2, -0.15) is 0 Å². The molecule has 1 aliphatic heterocycles. The average molecular weight is 587 g/mol. The summed E-state index contributed by atoms with van der Waals surface area (Å²) in [5.74, 6) is 0. The molecule has 5 rings (SSSR count). The van der Waals surface area contributed by atoms with Crippen LogP contribution in [0.15, 0.2) is 84.9 Å². The Hall–Kier alpha value is -3.52. The number of nitrogens with zero attached hydrogens (tertiary/aromatic N) is 2. The number of aryl methyl sites for hydroxylation is 4. The predicted octanol–water partition coefficient (Wildman–Crippen LogP) is 13.4. The molecule has 44 heavy (non-hydrogen) atoms. The van der Waals surface area contributed by atoms with Gasteiger partial charge in [-0.25, -0.2) is 0 Å². The van der Waals surface area contributed by atoms with Gasteiger partial charge in [0.15, 0.2) is 0 Å².